The number of anilines is 2. The molecule has 0 radical (unpaired) electrons. The van der Waals surface area contributed by atoms with E-state index in [1.807, 2.05) is 30.3 Å². The van der Waals surface area contributed by atoms with Crippen LogP contribution in [-0.2, 0) is 17.6 Å². The molecule has 6 heteroatoms. The fourth-order valence-corrected chi connectivity index (χ4v) is 4.75. The largest absolute Gasteiger partial charge is 0.321 e. The van der Waals surface area contributed by atoms with Gasteiger partial charge in [0.05, 0.1) is 0 Å². The minimum absolute atomic E-state index is 0.0496. The number of piperazine rings is 1. The lowest BCUT2D eigenvalue weighted by molar-refractivity contribution is -0.892. The first-order valence-electron chi connectivity index (χ1n) is 11.0. The second-order valence-corrected chi connectivity index (χ2v) is 8.67. The Labute approximate surface area is 178 Å². The number of rotatable bonds is 5. The van der Waals surface area contributed by atoms with Crippen LogP contribution in [0.15, 0.2) is 30.3 Å². The zero-order valence-electron chi connectivity index (χ0n) is 17.9. The number of para-hydroxylation sites is 1. The fraction of sp³-hybridized carbons (Fsp3) is 0.458. The van der Waals surface area contributed by atoms with Crippen molar-refractivity contribution in [1.29, 1.82) is 5.26 Å². The van der Waals surface area contributed by atoms with E-state index < -0.39 is 0 Å². The summed E-state index contributed by atoms with van der Waals surface area (Å²) in [6, 6.07) is 12.1. The molecule has 1 saturated heterocycles. The highest BCUT2D eigenvalue weighted by molar-refractivity contribution is 5.91. The van der Waals surface area contributed by atoms with Gasteiger partial charge >= 0.3 is 0 Å². The molecule has 6 nitrogen and oxygen atoms in total. The molecule has 1 aliphatic carbocycles. The first-order valence-corrected chi connectivity index (χ1v) is 11.0. The number of H-pyrrole nitrogens is 1. The number of carbonyl (C=O) groups excluding carboxylic acids is 1. The minimum atomic E-state index is 0.0496. The van der Waals surface area contributed by atoms with Crippen molar-refractivity contribution in [2.24, 2.45) is 0 Å². The van der Waals surface area contributed by atoms with E-state index in [0.29, 0.717) is 12.5 Å². The molecule has 0 saturated carbocycles. The molecule has 2 aromatic rings. The lowest BCUT2D eigenvalue weighted by Gasteiger charge is -2.29. The highest BCUT2D eigenvalue weighted by Crippen LogP contribution is 2.33. The summed E-state index contributed by atoms with van der Waals surface area (Å²) in [6.45, 7) is 8.36. The number of benzene rings is 1. The van der Waals surface area contributed by atoms with Crippen molar-refractivity contribution in [3.05, 3.63) is 52.7 Å². The van der Waals surface area contributed by atoms with E-state index in [2.05, 4.69) is 35.1 Å². The van der Waals surface area contributed by atoms with Crippen LogP contribution in [0, 0.1) is 11.3 Å². The predicted octanol–water partition coefficient (Wildman–Crippen LogP) is 1.33. The first-order chi connectivity index (χ1) is 14.6. The number of fused-ring (bicyclic) bond motifs is 1. The van der Waals surface area contributed by atoms with Crippen LogP contribution >= 0.6 is 0 Å². The number of nitrogens with one attached hydrogen (secondary N) is 3. The maximum absolute atomic E-state index is 12.4. The van der Waals surface area contributed by atoms with Crippen LogP contribution in [0.25, 0.3) is 0 Å². The van der Waals surface area contributed by atoms with E-state index in [1.165, 1.54) is 21.7 Å². The summed E-state index contributed by atoms with van der Waals surface area (Å²) in [5.74, 6) is 1.44. The molecular weight excluding hydrogens is 374 g/mol. The average Bonchev–Trinajstić information content (AvgIpc) is 3.23. The number of hydrogen-bond donors (Lipinski definition) is 2. The van der Waals surface area contributed by atoms with Crippen molar-refractivity contribution in [3.8, 4) is 6.07 Å². The average molecular weight is 406 g/mol. The van der Waals surface area contributed by atoms with Gasteiger partial charge in [0.1, 0.15) is 43.5 Å². The Morgan fingerprint density at radius 3 is 2.57 bits per heavy atom. The summed E-state index contributed by atoms with van der Waals surface area (Å²) in [4.78, 5) is 19.6. The molecule has 0 spiro atoms. The number of hydrogen-bond acceptors (Lipinski definition) is 3. The summed E-state index contributed by atoms with van der Waals surface area (Å²) in [5, 5.41) is 12.9. The van der Waals surface area contributed by atoms with E-state index in [1.54, 1.807) is 0 Å². The first kappa shape index (κ1) is 20.4. The Morgan fingerprint density at radius 1 is 1.20 bits per heavy atom. The minimum Gasteiger partial charge on any atom is -0.321 e. The van der Waals surface area contributed by atoms with Crippen molar-refractivity contribution in [2.75, 3.05) is 42.9 Å². The molecule has 0 unspecified atom stereocenters. The zero-order valence-corrected chi connectivity index (χ0v) is 17.9. The molecule has 4 rings (SSSR count). The smallest absolute Gasteiger partial charge is 0.293 e. The maximum Gasteiger partial charge on any atom is 0.293 e. The number of aromatic amines is 1. The van der Waals surface area contributed by atoms with Crippen molar-refractivity contribution < 1.29 is 14.7 Å². The van der Waals surface area contributed by atoms with Gasteiger partial charge in [-0.15, -0.1) is 0 Å². The van der Waals surface area contributed by atoms with Gasteiger partial charge in [0, 0.05) is 11.6 Å². The molecule has 2 heterocycles. The SMILES string of the molecule is CC(C)c1[nH+]c(N2CC[NH+](CC(=O)Nc3ccccc3)CC2)c(C#N)c2c1CCC2. The van der Waals surface area contributed by atoms with Gasteiger partial charge in [-0.3, -0.25) is 4.79 Å². The molecule has 0 bridgehead atoms. The van der Waals surface area contributed by atoms with Crippen molar-refractivity contribution in [1.82, 2.24) is 0 Å². The van der Waals surface area contributed by atoms with Crippen LogP contribution in [0.5, 0.6) is 0 Å². The van der Waals surface area contributed by atoms with E-state index in [9.17, 15) is 10.1 Å². The molecular formula is C24H31N5O+2. The molecule has 1 fully saturated rings. The maximum atomic E-state index is 12.4. The van der Waals surface area contributed by atoms with Gasteiger partial charge in [0.2, 0.25) is 0 Å². The predicted molar refractivity (Wildman–Crippen MR) is 117 cm³/mol. The van der Waals surface area contributed by atoms with Crippen molar-refractivity contribution >= 4 is 17.4 Å². The Bertz CT molecular complexity index is 956. The molecule has 1 aromatic heterocycles. The third-order valence-corrected chi connectivity index (χ3v) is 6.28. The zero-order chi connectivity index (χ0) is 21.1. The van der Waals surface area contributed by atoms with Crippen LogP contribution in [0.4, 0.5) is 11.5 Å². The van der Waals surface area contributed by atoms with Crippen LogP contribution in [0.1, 0.15) is 48.6 Å². The fourth-order valence-electron chi connectivity index (χ4n) is 4.75. The van der Waals surface area contributed by atoms with Gasteiger partial charge in [0.25, 0.3) is 11.7 Å². The second kappa shape index (κ2) is 8.85. The van der Waals surface area contributed by atoms with Crippen LogP contribution in [0.3, 0.4) is 0 Å². The molecule has 156 valence electrons. The molecule has 0 atom stereocenters. The number of nitriles is 1. The lowest BCUT2D eigenvalue weighted by atomic mass is 9.97. The quantitative estimate of drug-likeness (QED) is 0.788. The Hall–Kier alpha value is -2.91. The monoisotopic (exact) mass is 405 g/mol. The van der Waals surface area contributed by atoms with Crippen molar-refractivity contribution in [2.45, 2.75) is 39.0 Å². The number of carbonyl (C=O) groups is 1. The van der Waals surface area contributed by atoms with E-state index in [0.717, 1.165) is 62.5 Å². The lowest BCUT2D eigenvalue weighted by Crippen LogP contribution is -3.15. The van der Waals surface area contributed by atoms with Crippen LogP contribution in [0.2, 0.25) is 0 Å². The van der Waals surface area contributed by atoms with Gasteiger partial charge in [-0.1, -0.05) is 32.0 Å². The summed E-state index contributed by atoms with van der Waals surface area (Å²) >= 11 is 0. The normalized spacial score (nSPS) is 16.4. The number of aromatic nitrogens is 1. The Morgan fingerprint density at radius 2 is 1.90 bits per heavy atom. The van der Waals surface area contributed by atoms with Gasteiger partial charge in [0.15, 0.2) is 6.54 Å². The summed E-state index contributed by atoms with van der Waals surface area (Å²) < 4.78 is 0. The second-order valence-electron chi connectivity index (χ2n) is 8.67. The standard InChI is InChI=1S/C24H29N5O/c1-17(2)23-20-10-6-9-19(20)21(15-25)24(27-23)29-13-11-28(12-14-29)16-22(30)26-18-7-4-3-5-8-18/h3-5,7-8,17H,6,9-14,16H2,1-2H3,(H,26,30)/p+2. The van der Waals surface area contributed by atoms with E-state index >= 15 is 0 Å². The number of amides is 1. The molecule has 3 N–H and O–H groups in total. The number of pyridine rings is 1. The summed E-state index contributed by atoms with van der Waals surface area (Å²) in [7, 11) is 0. The third kappa shape index (κ3) is 4.17. The highest BCUT2D eigenvalue weighted by atomic mass is 16.2. The van der Waals surface area contributed by atoms with Gasteiger partial charge in [-0.2, -0.15) is 5.26 Å². The third-order valence-electron chi connectivity index (χ3n) is 6.28. The van der Waals surface area contributed by atoms with E-state index in [4.69, 9.17) is 0 Å². The van der Waals surface area contributed by atoms with Crippen molar-refractivity contribution in [3.63, 3.8) is 0 Å². The van der Waals surface area contributed by atoms with Gasteiger partial charge in [-0.05, 0) is 42.5 Å². The van der Waals surface area contributed by atoms with Crippen LogP contribution < -0.4 is 20.1 Å². The molecule has 1 amide bonds. The highest BCUT2D eigenvalue weighted by Gasteiger charge is 2.34. The number of quaternary nitrogens is 1. The van der Waals surface area contributed by atoms with Gasteiger partial charge in [-0.25, -0.2) is 9.88 Å². The summed E-state index contributed by atoms with van der Waals surface area (Å²) in [6.07, 6.45) is 3.21. The Kier molecular flexibility index (Phi) is 6.01. The molecule has 1 aliphatic heterocycles. The Balaban J connectivity index is 1.44. The molecule has 2 aliphatic rings. The molecule has 30 heavy (non-hydrogen) atoms. The number of nitrogens with zero attached hydrogens (tertiary/aromatic N) is 2. The van der Waals surface area contributed by atoms with E-state index in [-0.39, 0.29) is 5.91 Å². The molecule has 1 aromatic carbocycles. The van der Waals surface area contributed by atoms with Gasteiger partial charge < -0.3 is 10.2 Å². The van der Waals surface area contributed by atoms with Crippen LogP contribution in [-0.4, -0.2) is 38.6 Å². The summed E-state index contributed by atoms with van der Waals surface area (Å²) in [5.41, 5.74) is 5.58. The topological polar surface area (TPSA) is 74.7 Å².